The van der Waals surface area contributed by atoms with E-state index in [0.29, 0.717) is 5.56 Å². The second-order valence-corrected chi connectivity index (χ2v) is 4.38. The normalized spacial score (nSPS) is 10.9. The highest BCUT2D eigenvalue weighted by Crippen LogP contribution is 2.24. The van der Waals surface area contributed by atoms with Gasteiger partial charge in [0, 0.05) is 18.3 Å². The number of benzene rings is 1. The number of rotatable bonds is 3. The summed E-state index contributed by atoms with van der Waals surface area (Å²) in [6.07, 6.45) is 1.09. The number of hydrogen-bond donors (Lipinski definition) is 0. The van der Waals surface area contributed by atoms with E-state index in [1.54, 1.807) is 0 Å². The molecule has 0 heterocycles. The van der Waals surface area contributed by atoms with E-state index in [0.717, 1.165) is 12.1 Å². The summed E-state index contributed by atoms with van der Waals surface area (Å²) in [6.45, 7) is 6.61. The van der Waals surface area contributed by atoms with E-state index in [1.807, 2.05) is 24.3 Å². The minimum Gasteiger partial charge on any atom is -0.369 e. The predicted molar refractivity (Wildman–Crippen MR) is 63.9 cm³/mol. The summed E-state index contributed by atoms with van der Waals surface area (Å²) < 4.78 is 0. The Balaban J connectivity index is 2.93. The maximum Gasteiger partial charge on any atom is 0.0991 e. The van der Waals surface area contributed by atoms with Gasteiger partial charge in [0.1, 0.15) is 0 Å². The molecule has 0 aliphatic heterocycles. The van der Waals surface area contributed by atoms with E-state index in [2.05, 4.69) is 38.8 Å². The second-order valence-electron chi connectivity index (χ2n) is 4.38. The highest BCUT2D eigenvalue weighted by atomic mass is 15.2. The Morgan fingerprint density at radius 2 is 1.80 bits per heavy atom. The fraction of sp³-hybridized carbons (Fsp3) is 0.462. The first-order valence-corrected chi connectivity index (χ1v) is 5.25. The van der Waals surface area contributed by atoms with Crippen LogP contribution in [0.4, 0.5) is 5.69 Å². The summed E-state index contributed by atoms with van der Waals surface area (Å²) in [5.74, 6) is 0. The van der Waals surface area contributed by atoms with Crippen LogP contribution in [0.1, 0.15) is 32.8 Å². The summed E-state index contributed by atoms with van der Waals surface area (Å²) in [6, 6.07) is 9.84. The van der Waals surface area contributed by atoms with Crippen LogP contribution in [0.25, 0.3) is 0 Å². The van der Waals surface area contributed by atoms with Crippen molar-refractivity contribution in [2.45, 2.75) is 32.7 Å². The first-order chi connectivity index (χ1) is 7.01. The molecule has 0 saturated carbocycles. The maximum atomic E-state index is 8.71. The zero-order valence-electron chi connectivity index (χ0n) is 9.91. The number of nitrogens with zero attached hydrogens (tertiary/aromatic N) is 2. The molecule has 0 unspecified atom stereocenters. The van der Waals surface area contributed by atoms with Crippen molar-refractivity contribution in [3.05, 3.63) is 29.8 Å². The van der Waals surface area contributed by atoms with Crippen molar-refractivity contribution in [3.63, 3.8) is 0 Å². The van der Waals surface area contributed by atoms with Gasteiger partial charge in [0.05, 0.1) is 11.6 Å². The summed E-state index contributed by atoms with van der Waals surface area (Å²) in [5, 5.41) is 8.71. The topological polar surface area (TPSA) is 27.0 Å². The molecule has 80 valence electrons. The van der Waals surface area contributed by atoms with Gasteiger partial charge in [-0.2, -0.15) is 5.26 Å². The quantitative estimate of drug-likeness (QED) is 0.752. The lowest BCUT2D eigenvalue weighted by atomic mass is 9.99. The molecule has 1 aromatic rings. The van der Waals surface area contributed by atoms with Crippen molar-refractivity contribution >= 4 is 5.69 Å². The molecule has 0 N–H and O–H groups in total. The van der Waals surface area contributed by atoms with Crippen LogP contribution in [0.2, 0.25) is 0 Å². The Kier molecular flexibility index (Phi) is 3.36. The van der Waals surface area contributed by atoms with Crippen LogP contribution in [-0.4, -0.2) is 12.6 Å². The van der Waals surface area contributed by atoms with Gasteiger partial charge in [-0.1, -0.05) is 6.92 Å². The first kappa shape index (κ1) is 11.6. The SMILES string of the molecule is CCC(C)(C)N(C)c1ccc(C#N)cc1. The molecule has 0 aromatic heterocycles. The van der Waals surface area contributed by atoms with Crippen LogP contribution in [0, 0.1) is 11.3 Å². The Labute approximate surface area is 92.1 Å². The van der Waals surface area contributed by atoms with Gasteiger partial charge in [-0.05, 0) is 44.5 Å². The minimum absolute atomic E-state index is 0.147. The van der Waals surface area contributed by atoms with Gasteiger partial charge < -0.3 is 4.90 Å². The number of nitriles is 1. The first-order valence-electron chi connectivity index (χ1n) is 5.25. The zero-order chi connectivity index (χ0) is 11.5. The molecular weight excluding hydrogens is 184 g/mol. The standard InChI is InChI=1S/C13H18N2/c1-5-13(2,3)15(4)12-8-6-11(10-14)7-9-12/h6-9H,5H2,1-4H3. The Morgan fingerprint density at radius 1 is 1.27 bits per heavy atom. The van der Waals surface area contributed by atoms with E-state index in [1.165, 1.54) is 0 Å². The Bertz CT molecular complexity index is 357. The molecule has 0 aliphatic rings. The van der Waals surface area contributed by atoms with Crippen LogP contribution < -0.4 is 4.90 Å². The van der Waals surface area contributed by atoms with Gasteiger partial charge in [-0.25, -0.2) is 0 Å². The predicted octanol–water partition coefficient (Wildman–Crippen LogP) is 3.18. The van der Waals surface area contributed by atoms with E-state index in [4.69, 9.17) is 5.26 Å². The molecule has 0 aliphatic carbocycles. The smallest absolute Gasteiger partial charge is 0.0991 e. The summed E-state index contributed by atoms with van der Waals surface area (Å²) in [4.78, 5) is 2.24. The largest absolute Gasteiger partial charge is 0.369 e. The summed E-state index contributed by atoms with van der Waals surface area (Å²) >= 11 is 0. The maximum absolute atomic E-state index is 8.71. The molecule has 2 heteroatoms. The number of hydrogen-bond acceptors (Lipinski definition) is 2. The molecule has 0 radical (unpaired) electrons. The molecule has 2 nitrogen and oxygen atoms in total. The van der Waals surface area contributed by atoms with E-state index < -0.39 is 0 Å². The van der Waals surface area contributed by atoms with E-state index >= 15 is 0 Å². The minimum atomic E-state index is 0.147. The third-order valence-electron chi connectivity index (χ3n) is 3.16. The van der Waals surface area contributed by atoms with E-state index in [9.17, 15) is 0 Å². The molecule has 0 atom stereocenters. The molecule has 0 spiro atoms. The van der Waals surface area contributed by atoms with Crippen LogP contribution in [-0.2, 0) is 0 Å². The lowest BCUT2D eigenvalue weighted by molar-refractivity contribution is 0.471. The lowest BCUT2D eigenvalue weighted by Crippen LogP contribution is -2.40. The third kappa shape index (κ3) is 2.50. The monoisotopic (exact) mass is 202 g/mol. The molecule has 0 fully saturated rings. The molecule has 0 amide bonds. The van der Waals surface area contributed by atoms with Crippen LogP contribution >= 0.6 is 0 Å². The molecule has 15 heavy (non-hydrogen) atoms. The van der Waals surface area contributed by atoms with Crippen molar-refractivity contribution in [2.75, 3.05) is 11.9 Å². The third-order valence-corrected chi connectivity index (χ3v) is 3.16. The van der Waals surface area contributed by atoms with Gasteiger partial charge in [0.2, 0.25) is 0 Å². The number of anilines is 1. The molecule has 1 rings (SSSR count). The van der Waals surface area contributed by atoms with Crippen LogP contribution in [0.15, 0.2) is 24.3 Å². The van der Waals surface area contributed by atoms with Crippen molar-refractivity contribution in [1.82, 2.24) is 0 Å². The summed E-state index contributed by atoms with van der Waals surface area (Å²) in [5.41, 5.74) is 2.01. The van der Waals surface area contributed by atoms with Gasteiger partial charge in [-0.3, -0.25) is 0 Å². The Morgan fingerprint density at radius 3 is 2.20 bits per heavy atom. The van der Waals surface area contributed by atoms with Crippen LogP contribution in [0.5, 0.6) is 0 Å². The fourth-order valence-corrected chi connectivity index (χ4v) is 1.35. The average molecular weight is 202 g/mol. The lowest BCUT2D eigenvalue weighted by Gasteiger charge is -2.36. The van der Waals surface area contributed by atoms with Crippen LogP contribution in [0.3, 0.4) is 0 Å². The van der Waals surface area contributed by atoms with Gasteiger partial charge in [-0.15, -0.1) is 0 Å². The van der Waals surface area contributed by atoms with Gasteiger partial charge in [0.15, 0.2) is 0 Å². The van der Waals surface area contributed by atoms with Gasteiger partial charge >= 0.3 is 0 Å². The van der Waals surface area contributed by atoms with Gasteiger partial charge in [0.25, 0.3) is 0 Å². The van der Waals surface area contributed by atoms with E-state index in [-0.39, 0.29) is 5.54 Å². The van der Waals surface area contributed by atoms with Crippen molar-refractivity contribution in [3.8, 4) is 6.07 Å². The molecule has 0 bridgehead atoms. The zero-order valence-corrected chi connectivity index (χ0v) is 9.91. The second kappa shape index (κ2) is 4.35. The highest BCUT2D eigenvalue weighted by molar-refractivity contribution is 5.50. The molecule has 0 saturated heterocycles. The molecule has 1 aromatic carbocycles. The highest BCUT2D eigenvalue weighted by Gasteiger charge is 2.21. The average Bonchev–Trinajstić information content (AvgIpc) is 2.28. The summed E-state index contributed by atoms with van der Waals surface area (Å²) in [7, 11) is 2.09. The fourth-order valence-electron chi connectivity index (χ4n) is 1.35. The Hall–Kier alpha value is -1.49. The van der Waals surface area contributed by atoms with Crippen molar-refractivity contribution < 1.29 is 0 Å². The molecular formula is C13H18N2. The van der Waals surface area contributed by atoms with Crippen molar-refractivity contribution in [1.29, 1.82) is 5.26 Å². The van der Waals surface area contributed by atoms with Crippen molar-refractivity contribution in [2.24, 2.45) is 0 Å².